The van der Waals surface area contributed by atoms with E-state index in [2.05, 4.69) is 18.2 Å². The van der Waals surface area contributed by atoms with Crippen LogP contribution in [-0.4, -0.2) is 55.1 Å². The Balaban J connectivity index is 1.98. The predicted octanol–water partition coefficient (Wildman–Crippen LogP) is 2.15. The Bertz CT molecular complexity index is 557. The highest BCUT2D eigenvalue weighted by Crippen LogP contribution is 2.14. The zero-order chi connectivity index (χ0) is 16.1. The molecule has 1 aliphatic heterocycles. The molecule has 2 rings (SSSR count). The first-order valence-corrected chi connectivity index (χ1v) is 7.68. The molecule has 1 saturated heterocycles. The number of hydrogen-bond donors (Lipinski definition) is 0. The van der Waals surface area contributed by atoms with Gasteiger partial charge in [-0.1, -0.05) is 23.8 Å². The topological polar surface area (TPSA) is 49.9 Å². The van der Waals surface area contributed by atoms with Crippen LogP contribution in [0.1, 0.15) is 23.1 Å². The first-order chi connectivity index (χ1) is 10.5. The van der Waals surface area contributed by atoms with Gasteiger partial charge >= 0.3 is 6.09 Å². The van der Waals surface area contributed by atoms with Crippen molar-refractivity contribution in [3.05, 3.63) is 34.9 Å². The van der Waals surface area contributed by atoms with Crippen molar-refractivity contribution in [3.63, 3.8) is 0 Å². The third-order valence-corrected chi connectivity index (χ3v) is 4.13. The van der Waals surface area contributed by atoms with E-state index >= 15 is 0 Å². The van der Waals surface area contributed by atoms with E-state index in [1.165, 1.54) is 12.7 Å². The van der Waals surface area contributed by atoms with Crippen molar-refractivity contribution in [2.24, 2.45) is 0 Å². The summed E-state index contributed by atoms with van der Waals surface area (Å²) in [6, 6.07) is 6.19. The molecule has 0 bridgehead atoms. The molecule has 5 heteroatoms. The molecule has 1 fully saturated rings. The van der Waals surface area contributed by atoms with Gasteiger partial charge in [-0.15, -0.1) is 0 Å². The highest BCUT2D eigenvalue weighted by molar-refractivity contribution is 5.79. The van der Waals surface area contributed by atoms with Gasteiger partial charge in [-0.25, -0.2) is 4.79 Å². The molecule has 0 spiro atoms. The number of amides is 2. The highest BCUT2D eigenvalue weighted by atomic mass is 16.5. The van der Waals surface area contributed by atoms with Gasteiger partial charge in [-0.2, -0.15) is 0 Å². The normalized spacial score (nSPS) is 15.4. The minimum absolute atomic E-state index is 0.125. The van der Waals surface area contributed by atoms with Gasteiger partial charge in [0.1, 0.15) is 0 Å². The van der Waals surface area contributed by atoms with E-state index in [4.69, 9.17) is 4.74 Å². The molecule has 1 heterocycles. The number of carbonyl (C=O) groups excluding carboxylic acids is 2. The van der Waals surface area contributed by atoms with E-state index in [1.807, 2.05) is 18.7 Å². The fourth-order valence-electron chi connectivity index (χ4n) is 2.74. The van der Waals surface area contributed by atoms with Gasteiger partial charge in [0.05, 0.1) is 13.5 Å². The molecule has 0 N–H and O–H groups in total. The van der Waals surface area contributed by atoms with Gasteiger partial charge in [-0.05, 0) is 31.4 Å². The molecule has 22 heavy (non-hydrogen) atoms. The lowest BCUT2D eigenvalue weighted by Crippen LogP contribution is -2.38. The Morgan fingerprint density at radius 3 is 2.50 bits per heavy atom. The second-order valence-electron chi connectivity index (χ2n) is 5.80. The van der Waals surface area contributed by atoms with Crippen molar-refractivity contribution in [3.8, 4) is 0 Å². The van der Waals surface area contributed by atoms with Crippen LogP contribution in [0, 0.1) is 13.8 Å². The quantitative estimate of drug-likeness (QED) is 0.841. The number of aryl methyl sites for hydroxylation is 2. The lowest BCUT2D eigenvalue weighted by molar-refractivity contribution is -0.130. The van der Waals surface area contributed by atoms with Crippen LogP contribution in [0.5, 0.6) is 0 Å². The summed E-state index contributed by atoms with van der Waals surface area (Å²) in [5.41, 5.74) is 3.39. The zero-order valence-electron chi connectivity index (χ0n) is 13.6. The first-order valence-electron chi connectivity index (χ1n) is 7.68. The maximum atomic E-state index is 12.5. The second kappa shape index (κ2) is 7.29. The minimum atomic E-state index is -0.316. The monoisotopic (exact) mass is 304 g/mol. The average molecular weight is 304 g/mol. The Labute approximate surface area is 131 Å². The number of hydrogen-bond acceptors (Lipinski definition) is 3. The van der Waals surface area contributed by atoms with Crippen molar-refractivity contribution >= 4 is 12.0 Å². The maximum absolute atomic E-state index is 12.5. The van der Waals surface area contributed by atoms with E-state index in [0.717, 1.165) is 17.5 Å². The zero-order valence-corrected chi connectivity index (χ0v) is 13.6. The van der Waals surface area contributed by atoms with Gasteiger partial charge < -0.3 is 14.5 Å². The van der Waals surface area contributed by atoms with Crippen molar-refractivity contribution in [1.82, 2.24) is 9.80 Å². The van der Waals surface area contributed by atoms with Crippen molar-refractivity contribution in [2.45, 2.75) is 26.7 Å². The standard InChI is InChI=1S/C17H24N2O3/c1-13-5-6-14(2)15(11-13)12-16(20)18-7-4-8-19(10-9-18)17(21)22-3/h5-6,11H,4,7-10,12H2,1-3H3. The third-order valence-electron chi connectivity index (χ3n) is 4.13. The molecule has 0 aromatic heterocycles. The predicted molar refractivity (Wildman–Crippen MR) is 84.8 cm³/mol. The minimum Gasteiger partial charge on any atom is -0.453 e. The Hall–Kier alpha value is -2.04. The summed E-state index contributed by atoms with van der Waals surface area (Å²) in [5, 5.41) is 0. The molecule has 120 valence electrons. The second-order valence-corrected chi connectivity index (χ2v) is 5.80. The summed E-state index contributed by atoms with van der Waals surface area (Å²) in [6.45, 7) is 6.50. The van der Waals surface area contributed by atoms with E-state index in [1.54, 1.807) is 4.90 Å². The van der Waals surface area contributed by atoms with Gasteiger partial charge in [0, 0.05) is 26.2 Å². The summed E-state index contributed by atoms with van der Waals surface area (Å²) in [5.74, 6) is 0.125. The van der Waals surface area contributed by atoms with Crippen molar-refractivity contribution in [2.75, 3.05) is 33.3 Å². The Morgan fingerprint density at radius 2 is 1.77 bits per heavy atom. The van der Waals surface area contributed by atoms with Crippen molar-refractivity contribution < 1.29 is 14.3 Å². The van der Waals surface area contributed by atoms with Gasteiger partial charge in [0.15, 0.2) is 0 Å². The number of methoxy groups -OCH3 is 1. The summed E-state index contributed by atoms with van der Waals surface area (Å²) in [7, 11) is 1.39. The fourth-order valence-corrected chi connectivity index (χ4v) is 2.74. The molecule has 0 aliphatic carbocycles. The molecule has 0 saturated carbocycles. The maximum Gasteiger partial charge on any atom is 0.409 e. The number of nitrogens with zero attached hydrogens (tertiary/aromatic N) is 2. The van der Waals surface area contributed by atoms with Gasteiger partial charge in [0.25, 0.3) is 0 Å². The molecule has 0 radical (unpaired) electrons. The van der Waals surface area contributed by atoms with E-state index in [-0.39, 0.29) is 12.0 Å². The SMILES string of the molecule is COC(=O)N1CCCN(C(=O)Cc2cc(C)ccc2C)CC1. The molecule has 1 aromatic carbocycles. The summed E-state index contributed by atoms with van der Waals surface area (Å²) >= 11 is 0. The number of benzene rings is 1. The smallest absolute Gasteiger partial charge is 0.409 e. The van der Waals surface area contributed by atoms with Crippen LogP contribution in [0.4, 0.5) is 4.79 Å². The van der Waals surface area contributed by atoms with Crippen LogP contribution in [0.25, 0.3) is 0 Å². The van der Waals surface area contributed by atoms with Crippen LogP contribution < -0.4 is 0 Å². The molecular formula is C17H24N2O3. The molecule has 0 unspecified atom stereocenters. The van der Waals surface area contributed by atoms with Crippen LogP contribution >= 0.6 is 0 Å². The highest BCUT2D eigenvalue weighted by Gasteiger charge is 2.22. The molecular weight excluding hydrogens is 280 g/mol. The number of carbonyl (C=O) groups is 2. The summed E-state index contributed by atoms with van der Waals surface area (Å²) in [6.07, 6.45) is 0.892. The lowest BCUT2D eigenvalue weighted by atomic mass is 10.0. The van der Waals surface area contributed by atoms with Crippen LogP contribution in [0.3, 0.4) is 0 Å². The van der Waals surface area contributed by atoms with E-state index < -0.39 is 0 Å². The molecule has 5 nitrogen and oxygen atoms in total. The average Bonchev–Trinajstić information content (AvgIpc) is 2.76. The summed E-state index contributed by atoms with van der Waals surface area (Å²) in [4.78, 5) is 27.6. The summed E-state index contributed by atoms with van der Waals surface area (Å²) < 4.78 is 4.75. The van der Waals surface area contributed by atoms with E-state index in [9.17, 15) is 9.59 Å². The van der Waals surface area contributed by atoms with Gasteiger partial charge in [0.2, 0.25) is 5.91 Å². The Morgan fingerprint density at radius 1 is 1.09 bits per heavy atom. The fraction of sp³-hybridized carbons (Fsp3) is 0.529. The largest absolute Gasteiger partial charge is 0.453 e. The third kappa shape index (κ3) is 4.00. The van der Waals surface area contributed by atoms with Crippen LogP contribution in [0.15, 0.2) is 18.2 Å². The first kappa shape index (κ1) is 16.3. The molecule has 0 atom stereocenters. The molecule has 2 amide bonds. The lowest BCUT2D eigenvalue weighted by Gasteiger charge is -2.22. The molecule has 1 aliphatic rings. The van der Waals surface area contributed by atoms with Crippen molar-refractivity contribution in [1.29, 1.82) is 0 Å². The van der Waals surface area contributed by atoms with Gasteiger partial charge in [-0.3, -0.25) is 4.79 Å². The number of ether oxygens (including phenoxy) is 1. The number of rotatable bonds is 2. The van der Waals surface area contributed by atoms with Crippen LogP contribution in [0.2, 0.25) is 0 Å². The van der Waals surface area contributed by atoms with E-state index in [0.29, 0.717) is 32.6 Å². The molecule has 1 aromatic rings. The Kier molecular flexibility index (Phi) is 5.41. The van der Waals surface area contributed by atoms with Crippen LogP contribution in [-0.2, 0) is 16.0 Å².